The Balaban J connectivity index is 2.21. The summed E-state index contributed by atoms with van der Waals surface area (Å²) >= 11 is 0. The SMILES string of the molecule is O=C(O)c1cn(C2CC2)c(=O)nc1-c1ccc[nH]1. The van der Waals surface area contributed by atoms with Gasteiger partial charge in [0.15, 0.2) is 0 Å². The summed E-state index contributed by atoms with van der Waals surface area (Å²) in [5.41, 5.74) is 0.373. The largest absolute Gasteiger partial charge is 0.478 e. The van der Waals surface area contributed by atoms with Crippen molar-refractivity contribution in [2.75, 3.05) is 0 Å². The third-order valence-electron chi connectivity index (χ3n) is 2.98. The Bertz CT molecular complexity index is 654. The normalized spacial score (nSPS) is 14.7. The van der Waals surface area contributed by atoms with Crippen LogP contribution in [0.3, 0.4) is 0 Å². The highest BCUT2D eigenvalue weighted by atomic mass is 16.4. The van der Waals surface area contributed by atoms with Crippen molar-refractivity contribution in [3.05, 3.63) is 40.6 Å². The van der Waals surface area contributed by atoms with Crippen LogP contribution >= 0.6 is 0 Å². The van der Waals surface area contributed by atoms with Crippen molar-refractivity contribution in [3.63, 3.8) is 0 Å². The third-order valence-corrected chi connectivity index (χ3v) is 2.98. The van der Waals surface area contributed by atoms with E-state index in [-0.39, 0.29) is 17.3 Å². The van der Waals surface area contributed by atoms with Gasteiger partial charge in [0.05, 0.1) is 5.69 Å². The Kier molecular flexibility index (Phi) is 2.29. The van der Waals surface area contributed by atoms with Gasteiger partial charge in [0, 0.05) is 18.4 Å². The predicted octanol–water partition coefficient (Wildman–Crippen LogP) is 1.27. The standard InChI is InChI=1S/C12H11N3O3/c16-11(17)8-6-15(7-3-4-7)12(18)14-10(8)9-2-1-5-13-9/h1-2,5-7,13H,3-4H2,(H,16,17). The average molecular weight is 245 g/mol. The first-order valence-electron chi connectivity index (χ1n) is 5.67. The average Bonchev–Trinajstić information content (AvgIpc) is 3.03. The van der Waals surface area contributed by atoms with Gasteiger partial charge in [0.1, 0.15) is 11.3 Å². The number of carbonyl (C=O) groups is 1. The van der Waals surface area contributed by atoms with Crippen molar-refractivity contribution in [1.82, 2.24) is 14.5 Å². The van der Waals surface area contributed by atoms with Crippen LogP contribution in [0.15, 0.2) is 29.3 Å². The number of rotatable bonds is 3. The summed E-state index contributed by atoms with van der Waals surface area (Å²) in [6.45, 7) is 0. The van der Waals surface area contributed by atoms with E-state index in [4.69, 9.17) is 0 Å². The van der Waals surface area contributed by atoms with Gasteiger partial charge in [-0.25, -0.2) is 9.59 Å². The molecule has 3 rings (SSSR count). The molecule has 6 nitrogen and oxygen atoms in total. The highest BCUT2D eigenvalue weighted by Crippen LogP contribution is 2.33. The molecule has 18 heavy (non-hydrogen) atoms. The van der Waals surface area contributed by atoms with Gasteiger partial charge in [-0.1, -0.05) is 0 Å². The van der Waals surface area contributed by atoms with Crippen LogP contribution in [0.25, 0.3) is 11.4 Å². The number of H-pyrrole nitrogens is 1. The summed E-state index contributed by atoms with van der Waals surface area (Å²) in [6.07, 6.45) is 4.87. The van der Waals surface area contributed by atoms with Crippen LogP contribution in [0.4, 0.5) is 0 Å². The molecule has 1 aliphatic carbocycles. The molecule has 0 saturated heterocycles. The van der Waals surface area contributed by atoms with Crippen molar-refractivity contribution in [2.45, 2.75) is 18.9 Å². The first kappa shape index (κ1) is 10.8. The second-order valence-corrected chi connectivity index (χ2v) is 4.31. The molecule has 1 saturated carbocycles. The molecular weight excluding hydrogens is 234 g/mol. The minimum Gasteiger partial charge on any atom is -0.478 e. The fourth-order valence-electron chi connectivity index (χ4n) is 1.92. The maximum atomic E-state index is 11.8. The van der Waals surface area contributed by atoms with Gasteiger partial charge in [-0.2, -0.15) is 4.98 Å². The Labute approximate surface area is 102 Å². The number of aromatic amines is 1. The van der Waals surface area contributed by atoms with E-state index in [9.17, 15) is 14.7 Å². The molecule has 0 atom stereocenters. The molecule has 1 aliphatic rings. The Morgan fingerprint density at radius 2 is 2.28 bits per heavy atom. The van der Waals surface area contributed by atoms with Gasteiger partial charge in [0.2, 0.25) is 0 Å². The quantitative estimate of drug-likeness (QED) is 0.852. The number of carboxylic acid groups (broad SMARTS) is 1. The molecule has 0 aliphatic heterocycles. The van der Waals surface area contributed by atoms with Crippen LogP contribution in [0, 0.1) is 0 Å². The van der Waals surface area contributed by atoms with E-state index in [0.29, 0.717) is 5.69 Å². The summed E-state index contributed by atoms with van der Waals surface area (Å²) in [5, 5.41) is 9.21. The lowest BCUT2D eigenvalue weighted by molar-refractivity contribution is 0.0696. The topological polar surface area (TPSA) is 88.0 Å². The minimum atomic E-state index is -1.08. The van der Waals surface area contributed by atoms with Gasteiger partial charge < -0.3 is 10.1 Å². The van der Waals surface area contributed by atoms with Crippen LogP contribution in [0.2, 0.25) is 0 Å². The van der Waals surface area contributed by atoms with Crippen LogP contribution in [-0.2, 0) is 0 Å². The van der Waals surface area contributed by atoms with Crippen molar-refractivity contribution in [2.24, 2.45) is 0 Å². The number of nitrogens with one attached hydrogen (secondary N) is 1. The summed E-state index contributed by atoms with van der Waals surface area (Å²) in [6, 6.07) is 3.53. The minimum absolute atomic E-state index is 0.0453. The Morgan fingerprint density at radius 1 is 1.50 bits per heavy atom. The molecular formula is C12H11N3O3. The van der Waals surface area contributed by atoms with E-state index >= 15 is 0 Å². The highest BCUT2D eigenvalue weighted by molar-refractivity contribution is 5.93. The van der Waals surface area contributed by atoms with E-state index in [1.54, 1.807) is 18.3 Å². The molecule has 1 fully saturated rings. The fourth-order valence-corrected chi connectivity index (χ4v) is 1.92. The van der Waals surface area contributed by atoms with Crippen molar-refractivity contribution < 1.29 is 9.90 Å². The van der Waals surface area contributed by atoms with Crippen LogP contribution < -0.4 is 5.69 Å². The molecule has 0 amide bonds. The molecule has 2 heterocycles. The third kappa shape index (κ3) is 1.71. The second kappa shape index (κ2) is 3.83. The molecule has 92 valence electrons. The first-order chi connectivity index (χ1) is 8.66. The number of hydrogen-bond acceptors (Lipinski definition) is 3. The number of aromatic nitrogens is 3. The summed E-state index contributed by atoms with van der Waals surface area (Å²) in [7, 11) is 0. The lowest BCUT2D eigenvalue weighted by Crippen LogP contribution is -2.24. The van der Waals surface area contributed by atoms with Gasteiger partial charge in [-0.15, -0.1) is 0 Å². The zero-order valence-electron chi connectivity index (χ0n) is 9.46. The maximum Gasteiger partial charge on any atom is 0.348 e. The van der Waals surface area contributed by atoms with Crippen molar-refractivity contribution in [3.8, 4) is 11.4 Å². The number of nitrogens with zero attached hydrogens (tertiary/aromatic N) is 2. The molecule has 6 heteroatoms. The van der Waals surface area contributed by atoms with Gasteiger partial charge >= 0.3 is 11.7 Å². The second-order valence-electron chi connectivity index (χ2n) is 4.31. The van der Waals surface area contributed by atoms with E-state index < -0.39 is 11.7 Å². The van der Waals surface area contributed by atoms with E-state index in [0.717, 1.165) is 12.8 Å². The number of aromatic carboxylic acids is 1. The van der Waals surface area contributed by atoms with E-state index in [2.05, 4.69) is 9.97 Å². The van der Waals surface area contributed by atoms with Crippen LogP contribution in [0.1, 0.15) is 29.2 Å². The fraction of sp³-hybridized carbons (Fsp3) is 0.250. The molecule has 0 bridgehead atoms. The van der Waals surface area contributed by atoms with E-state index in [1.807, 2.05) is 0 Å². The zero-order valence-corrected chi connectivity index (χ0v) is 9.46. The molecule has 0 radical (unpaired) electrons. The Morgan fingerprint density at radius 3 is 2.83 bits per heavy atom. The molecule has 0 aromatic carbocycles. The van der Waals surface area contributed by atoms with Gasteiger partial charge in [-0.05, 0) is 25.0 Å². The molecule has 2 aromatic heterocycles. The van der Waals surface area contributed by atoms with E-state index in [1.165, 1.54) is 10.8 Å². The van der Waals surface area contributed by atoms with Crippen LogP contribution in [-0.4, -0.2) is 25.6 Å². The molecule has 2 aromatic rings. The molecule has 0 spiro atoms. The smallest absolute Gasteiger partial charge is 0.348 e. The summed E-state index contributed by atoms with van der Waals surface area (Å²) < 4.78 is 1.41. The lowest BCUT2D eigenvalue weighted by atomic mass is 10.2. The maximum absolute atomic E-state index is 11.8. The zero-order chi connectivity index (χ0) is 12.7. The lowest BCUT2D eigenvalue weighted by Gasteiger charge is -2.07. The van der Waals surface area contributed by atoms with Crippen molar-refractivity contribution in [1.29, 1.82) is 0 Å². The number of hydrogen-bond donors (Lipinski definition) is 2. The summed E-state index contributed by atoms with van der Waals surface area (Å²) in [4.78, 5) is 29.9. The van der Waals surface area contributed by atoms with Crippen molar-refractivity contribution >= 4 is 5.97 Å². The predicted molar refractivity (Wildman–Crippen MR) is 63.5 cm³/mol. The number of carboxylic acids is 1. The Hall–Kier alpha value is -2.37. The van der Waals surface area contributed by atoms with Gasteiger partial charge in [0.25, 0.3) is 0 Å². The summed E-state index contributed by atoms with van der Waals surface area (Å²) in [5.74, 6) is -1.08. The highest BCUT2D eigenvalue weighted by Gasteiger charge is 2.27. The monoisotopic (exact) mass is 245 g/mol. The molecule has 2 N–H and O–H groups in total. The van der Waals surface area contributed by atoms with Crippen LogP contribution in [0.5, 0.6) is 0 Å². The van der Waals surface area contributed by atoms with Gasteiger partial charge in [-0.3, -0.25) is 4.57 Å². The molecule has 0 unspecified atom stereocenters. The first-order valence-corrected chi connectivity index (χ1v) is 5.67.